The zero-order chi connectivity index (χ0) is 10.5. The van der Waals surface area contributed by atoms with E-state index in [2.05, 4.69) is 0 Å². The summed E-state index contributed by atoms with van der Waals surface area (Å²) in [6.07, 6.45) is 0. The quantitative estimate of drug-likeness (QED) is 0.649. The van der Waals surface area contributed by atoms with E-state index < -0.39 is 13.2 Å². The molecule has 6 heteroatoms. The van der Waals surface area contributed by atoms with Gasteiger partial charge in [-0.15, -0.1) is 0 Å². The average Bonchev–Trinajstić information content (AvgIpc) is 2.03. The first-order chi connectivity index (χ1) is 5.98. The van der Waals surface area contributed by atoms with E-state index >= 15 is 0 Å². The second-order valence-electron chi connectivity index (χ2n) is 2.51. The molecule has 0 heterocycles. The second-order valence-corrected chi connectivity index (χ2v) is 4.40. The highest BCUT2D eigenvalue weighted by atomic mass is 31.2. The van der Waals surface area contributed by atoms with E-state index in [-0.39, 0.29) is 13.2 Å². The summed E-state index contributed by atoms with van der Waals surface area (Å²) in [7, 11) is -0.566. The van der Waals surface area contributed by atoms with Crippen LogP contribution in [0.3, 0.4) is 0 Å². The highest BCUT2D eigenvalue weighted by molar-refractivity contribution is 7.71. The Hall–Kier alpha value is -0.380. The van der Waals surface area contributed by atoms with Gasteiger partial charge < -0.3 is 13.9 Å². The van der Waals surface area contributed by atoms with Crippen molar-refractivity contribution in [1.29, 1.82) is 0 Å². The van der Waals surface area contributed by atoms with Gasteiger partial charge in [-0.05, 0) is 13.8 Å². The molecule has 0 radical (unpaired) electrons. The summed E-state index contributed by atoms with van der Waals surface area (Å²) in [5, 5.41) is 0. The van der Waals surface area contributed by atoms with Crippen molar-refractivity contribution in [1.82, 2.24) is 4.90 Å². The van der Waals surface area contributed by atoms with Crippen molar-refractivity contribution >= 4 is 13.2 Å². The van der Waals surface area contributed by atoms with Gasteiger partial charge in [-0.2, -0.15) is 0 Å². The van der Waals surface area contributed by atoms with Crippen LogP contribution < -0.4 is 0 Å². The fraction of sp³-hybridized carbons (Fsp3) is 0.857. The van der Waals surface area contributed by atoms with Gasteiger partial charge in [0.05, 0.1) is 13.2 Å². The van der Waals surface area contributed by atoms with Gasteiger partial charge in [-0.1, -0.05) is 0 Å². The summed E-state index contributed by atoms with van der Waals surface area (Å²) in [4.78, 5) is 12.6. The van der Waals surface area contributed by atoms with Crippen LogP contribution in [0.4, 0.5) is 4.79 Å². The highest BCUT2D eigenvalue weighted by Crippen LogP contribution is 2.49. The summed E-state index contributed by atoms with van der Waals surface area (Å²) in [6.45, 7) is 3.71. The van der Waals surface area contributed by atoms with Gasteiger partial charge in [0.25, 0.3) is 0 Å². The first kappa shape index (κ1) is 12.6. The maximum Gasteiger partial charge on any atom is 0.418 e. The molecule has 0 aliphatic rings. The van der Waals surface area contributed by atoms with Crippen LogP contribution >= 0.6 is 7.60 Å². The Morgan fingerprint density at radius 1 is 1.23 bits per heavy atom. The van der Waals surface area contributed by atoms with E-state index in [0.717, 1.165) is 0 Å². The average molecular weight is 209 g/mol. The number of carbonyl (C=O) groups excluding carboxylic acids is 1. The minimum Gasteiger partial charge on any atom is -0.338 e. The van der Waals surface area contributed by atoms with E-state index in [1.165, 1.54) is 19.0 Å². The fourth-order valence-electron chi connectivity index (χ4n) is 0.733. The maximum absolute atomic E-state index is 11.7. The number of amides is 1. The van der Waals surface area contributed by atoms with Crippen LogP contribution in [0.1, 0.15) is 13.8 Å². The van der Waals surface area contributed by atoms with Crippen LogP contribution in [0.5, 0.6) is 0 Å². The van der Waals surface area contributed by atoms with Crippen LogP contribution in [-0.4, -0.2) is 37.9 Å². The lowest BCUT2D eigenvalue weighted by molar-refractivity contribution is 0.195. The highest BCUT2D eigenvalue weighted by Gasteiger charge is 2.35. The van der Waals surface area contributed by atoms with Crippen LogP contribution in [0.25, 0.3) is 0 Å². The van der Waals surface area contributed by atoms with E-state index in [0.29, 0.717) is 0 Å². The lowest BCUT2D eigenvalue weighted by atomic mass is 10.9. The first-order valence-corrected chi connectivity index (χ1v) is 5.63. The molecule has 5 nitrogen and oxygen atoms in total. The summed E-state index contributed by atoms with van der Waals surface area (Å²) in [5.41, 5.74) is -0.615. The summed E-state index contributed by atoms with van der Waals surface area (Å²) in [6, 6.07) is 0. The molecular formula is C7H16NO4P. The lowest BCUT2D eigenvalue weighted by Gasteiger charge is -2.19. The van der Waals surface area contributed by atoms with Gasteiger partial charge >= 0.3 is 13.2 Å². The van der Waals surface area contributed by atoms with E-state index in [4.69, 9.17) is 9.05 Å². The van der Waals surface area contributed by atoms with Crippen LogP contribution in [-0.2, 0) is 13.6 Å². The van der Waals surface area contributed by atoms with E-state index in [9.17, 15) is 9.36 Å². The molecule has 0 N–H and O–H groups in total. The van der Waals surface area contributed by atoms with E-state index in [1.807, 2.05) is 0 Å². The summed E-state index contributed by atoms with van der Waals surface area (Å²) in [5.74, 6) is 0. The molecule has 0 unspecified atom stereocenters. The minimum atomic E-state index is -3.58. The summed E-state index contributed by atoms with van der Waals surface area (Å²) >= 11 is 0. The maximum atomic E-state index is 11.7. The van der Waals surface area contributed by atoms with Crippen molar-refractivity contribution in [3.8, 4) is 0 Å². The Balaban J connectivity index is 4.58. The van der Waals surface area contributed by atoms with Crippen LogP contribution in [0.2, 0.25) is 0 Å². The van der Waals surface area contributed by atoms with Gasteiger partial charge in [-0.3, -0.25) is 4.79 Å². The van der Waals surface area contributed by atoms with Gasteiger partial charge in [0.2, 0.25) is 0 Å². The molecule has 0 aliphatic carbocycles. The minimum absolute atomic E-state index is 0.191. The predicted molar refractivity (Wildman–Crippen MR) is 49.9 cm³/mol. The Kier molecular flexibility index (Phi) is 5.21. The largest absolute Gasteiger partial charge is 0.418 e. The SMILES string of the molecule is CCOP(=O)(OCC)C(=O)N(C)C. The monoisotopic (exact) mass is 209 g/mol. The third-order valence-corrected chi connectivity index (χ3v) is 3.28. The molecule has 13 heavy (non-hydrogen) atoms. The number of hydrogen-bond acceptors (Lipinski definition) is 4. The van der Waals surface area contributed by atoms with Gasteiger partial charge in [0.1, 0.15) is 0 Å². The number of hydrogen-bond donors (Lipinski definition) is 0. The molecular weight excluding hydrogens is 193 g/mol. The number of rotatable bonds is 5. The van der Waals surface area contributed by atoms with Gasteiger partial charge in [0.15, 0.2) is 0 Å². The third kappa shape index (κ3) is 3.46. The third-order valence-electron chi connectivity index (χ3n) is 1.21. The molecule has 0 saturated heterocycles. The zero-order valence-corrected chi connectivity index (χ0v) is 9.34. The molecule has 0 fully saturated rings. The van der Waals surface area contributed by atoms with Crippen molar-refractivity contribution in [3.05, 3.63) is 0 Å². The molecule has 0 aromatic carbocycles. The van der Waals surface area contributed by atoms with Gasteiger partial charge in [-0.25, -0.2) is 4.57 Å². The lowest BCUT2D eigenvalue weighted by Crippen LogP contribution is -2.22. The van der Waals surface area contributed by atoms with Crippen molar-refractivity contribution in [3.63, 3.8) is 0 Å². The fourth-order valence-corrected chi connectivity index (χ4v) is 2.20. The summed E-state index contributed by atoms with van der Waals surface area (Å²) < 4.78 is 21.4. The molecule has 0 rings (SSSR count). The number of nitrogens with zero attached hydrogens (tertiary/aromatic N) is 1. The molecule has 0 bridgehead atoms. The van der Waals surface area contributed by atoms with Crippen molar-refractivity contribution in [2.45, 2.75) is 13.8 Å². The Morgan fingerprint density at radius 3 is 1.85 bits per heavy atom. The second kappa shape index (κ2) is 5.37. The molecule has 0 saturated carbocycles. The normalized spacial score (nSPS) is 11.4. The van der Waals surface area contributed by atoms with Crippen LogP contribution in [0, 0.1) is 0 Å². The standard InChI is InChI=1S/C7H16NO4P/c1-5-11-13(10,12-6-2)7(9)8(3)4/h5-6H2,1-4H3. The Bertz CT molecular complexity index is 207. The van der Waals surface area contributed by atoms with Crippen LogP contribution in [0.15, 0.2) is 0 Å². The molecule has 0 atom stereocenters. The first-order valence-electron chi connectivity index (χ1n) is 4.09. The number of carbonyl (C=O) groups is 1. The molecule has 0 spiro atoms. The zero-order valence-electron chi connectivity index (χ0n) is 8.44. The smallest absolute Gasteiger partial charge is 0.338 e. The topological polar surface area (TPSA) is 55.8 Å². The molecule has 0 aromatic heterocycles. The Morgan fingerprint density at radius 2 is 1.62 bits per heavy atom. The predicted octanol–water partition coefficient (Wildman–Crippen LogP) is 1.93. The molecule has 0 aromatic rings. The van der Waals surface area contributed by atoms with Crippen molar-refractivity contribution in [2.75, 3.05) is 27.3 Å². The molecule has 78 valence electrons. The van der Waals surface area contributed by atoms with Gasteiger partial charge in [0, 0.05) is 14.1 Å². The molecule has 1 amide bonds. The Labute approximate surface area is 78.5 Å². The van der Waals surface area contributed by atoms with Crippen molar-refractivity contribution < 1.29 is 18.4 Å². The van der Waals surface area contributed by atoms with Crippen molar-refractivity contribution in [2.24, 2.45) is 0 Å². The van der Waals surface area contributed by atoms with E-state index in [1.54, 1.807) is 13.8 Å². The molecule has 0 aliphatic heterocycles.